The van der Waals surface area contributed by atoms with Gasteiger partial charge >= 0.3 is 0 Å². The summed E-state index contributed by atoms with van der Waals surface area (Å²) in [7, 11) is 1.71. The molecule has 0 saturated heterocycles. The number of rotatable bonds is 8. The molecule has 33 heavy (non-hydrogen) atoms. The standard InChI is InChI=1S/C24H28N4O3S2/c1-4-12-28(13-19(29)25-17-10-6-5-8-15(17)2)20(30)14-32-24-26-22-21(23(31)27(24)3)16-9-7-11-18(16)33-22/h5-6,8,10H,4,7,9,11-14H2,1-3H3,(H,25,29). The van der Waals surface area contributed by atoms with Crippen LogP contribution < -0.4 is 10.9 Å². The average Bonchev–Trinajstić information content (AvgIpc) is 3.37. The van der Waals surface area contributed by atoms with Crippen molar-refractivity contribution in [2.45, 2.75) is 44.7 Å². The molecule has 2 heterocycles. The number of nitrogens with one attached hydrogen (secondary N) is 1. The van der Waals surface area contributed by atoms with Crippen molar-refractivity contribution in [3.8, 4) is 0 Å². The Morgan fingerprint density at radius 1 is 1.27 bits per heavy atom. The molecule has 174 valence electrons. The first-order valence-electron chi connectivity index (χ1n) is 11.2. The Morgan fingerprint density at radius 3 is 2.82 bits per heavy atom. The molecule has 1 N–H and O–H groups in total. The van der Waals surface area contributed by atoms with E-state index in [0.29, 0.717) is 11.7 Å². The van der Waals surface area contributed by atoms with E-state index in [0.717, 1.165) is 52.7 Å². The monoisotopic (exact) mass is 484 g/mol. The van der Waals surface area contributed by atoms with Crippen LogP contribution in [-0.4, -0.2) is 45.1 Å². The van der Waals surface area contributed by atoms with Gasteiger partial charge in [0.25, 0.3) is 5.56 Å². The highest BCUT2D eigenvalue weighted by molar-refractivity contribution is 7.99. The maximum absolute atomic E-state index is 13.0. The predicted molar refractivity (Wildman–Crippen MR) is 134 cm³/mol. The van der Waals surface area contributed by atoms with Crippen molar-refractivity contribution < 1.29 is 9.59 Å². The molecule has 4 rings (SSSR count). The van der Waals surface area contributed by atoms with Gasteiger partial charge in [0, 0.05) is 24.2 Å². The molecule has 0 bridgehead atoms. The summed E-state index contributed by atoms with van der Waals surface area (Å²) in [4.78, 5) is 46.8. The lowest BCUT2D eigenvalue weighted by molar-refractivity contribution is -0.132. The second-order valence-electron chi connectivity index (χ2n) is 8.26. The van der Waals surface area contributed by atoms with E-state index in [1.54, 1.807) is 27.9 Å². The fraction of sp³-hybridized carbons (Fsp3) is 0.417. The lowest BCUT2D eigenvalue weighted by Crippen LogP contribution is -2.39. The summed E-state index contributed by atoms with van der Waals surface area (Å²) in [5.74, 6) is -0.255. The van der Waals surface area contributed by atoms with E-state index in [1.165, 1.54) is 16.6 Å². The van der Waals surface area contributed by atoms with Crippen LogP contribution in [0.25, 0.3) is 10.2 Å². The number of hydrogen-bond acceptors (Lipinski definition) is 6. The SMILES string of the molecule is CCCN(CC(=O)Nc1ccccc1C)C(=O)CSc1nc2sc3c(c2c(=O)n1C)CCC3. The Balaban J connectivity index is 1.44. The first kappa shape index (κ1) is 23.5. The number of thioether (sulfide) groups is 1. The number of benzene rings is 1. The summed E-state index contributed by atoms with van der Waals surface area (Å²) >= 11 is 2.84. The Kier molecular flexibility index (Phi) is 7.19. The van der Waals surface area contributed by atoms with Gasteiger partial charge in [-0.25, -0.2) is 4.98 Å². The number of aromatic nitrogens is 2. The summed E-state index contributed by atoms with van der Waals surface area (Å²) in [6.07, 6.45) is 3.79. The van der Waals surface area contributed by atoms with Crippen molar-refractivity contribution in [3.63, 3.8) is 0 Å². The zero-order valence-electron chi connectivity index (χ0n) is 19.1. The van der Waals surface area contributed by atoms with Gasteiger partial charge in [-0.1, -0.05) is 36.9 Å². The maximum Gasteiger partial charge on any atom is 0.262 e. The molecule has 0 fully saturated rings. The van der Waals surface area contributed by atoms with Gasteiger partial charge in [0.15, 0.2) is 5.16 Å². The van der Waals surface area contributed by atoms with Crippen LogP contribution in [0, 0.1) is 6.92 Å². The molecule has 3 aromatic rings. The Hall–Kier alpha value is -2.65. The van der Waals surface area contributed by atoms with Gasteiger partial charge in [0.2, 0.25) is 11.8 Å². The summed E-state index contributed by atoms with van der Waals surface area (Å²) in [6.45, 7) is 4.38. The number of carbonyl (C=O) groups excluding carboxylic acids is 2. The largest absolute Gasteiger partial charge is 0.333 e. The van der Waals surface area contributed by atoms with Crippen molar-refractivity contribution in [2.24, 2.45) is 7.05 Å². The molecule has 9 heteroatoms. The zero-order chi connectivity index (χ0) is 23.5. The van der Waals surface area contributed by atoms with Crippen LogP contribution in [0.1, 0.15) is 35.8 Å². The van der Waals surface area contributed by atoms with Crippen molar-refractivity contribution in [1.82, 2.24) is 14.5 Å². The Bertz CT molecular complexity index is 1260. The van der Waals surface area contributed by atoms with Crippen molar-refractivity contribution in [2.75, 3.05) is 24.2 Å². The fourth-order valence-electron chi connectivity index (χ4n) is 4.09. The molecule has 0 radical (unpaired) electrons. The highest BCUT2D eigenvalue weighted by Crippen LogP contribution is 2.35. The summed E-state index contributed by atoms with van der Waals surface area (Å²) in [6, 6.07) is 7.55. The quantitative estimate of drug-likeness (QED) is 0.389. The molecule has 0 spiro atoms. The lowest BCUT2D eigenvalue weighted by Gasteiger charge is -2.22. The third-order valence-electron chi connectivity index (χ3n) is 5.83. The molecule has 1 aliphatic rings. The highest BCUT2D eigenvalue weighted by Gasteiger charge is 2.23. The second kappa shape index (κ2) is 10.1. The van der Waals surface area contributed by atoms with Crippen molar-refractivity contribution in [3.05, 3.63) is 50.6 Å². The molecule has 1 aromatic carbocycles. The van der Waals surface area contributed by atoms with Crippen LogP contribution in [0.15, 0.2) is 34.2 Å². The highest BCUT2D eigenvalue weighted by atomic mass is 32.2. The maximum atomic E-state index is 13.0. The van der Waals surface area contributed by atoms with Gasteiger partial charge in [0.05, 0.1) is 17.7 Å². The van der Waals surface area contributed by atoms with Crippen LogP contribution in [0.4, 0.5) is 5.69 Å². The minimum Gasteiger partial charge on any atom is -0.333 e. The van der Waals surface area contributed by atoms with Crippen molar-refractivity contribution >= 4 is 50.8 Å². The average molecular weight is 485 g/mol. The van der Waals surface area contributed by atoms with Gasteiger partial charge in [-0.2, -0.15) is 0 Å². The van der Waals surface area contributed by atoms with Gasteiger partial charge < -0.3 is 10.2 Å². The molecular formula is C24H28N4O3S2. The molecule has 1 aliphatic carbocycles. The first-order valence-corrected chi connectivity index (χ1v) is 13.0. The van der Waals surface area contributed by atoms with Crippen molar-refractivity contribution in [1.29, 1.82) is 0 Å². The molecule has 2 amide bonds. The van der Waals surface area contributed by atoms with Crippen LogP contribution in [0.3, 0.4) is 0 Å². The van der Waals surface area contributed by atoms with E-state index in [-0.39, 0.29) is 29.7 Å². The topological polar surface area (TPSA) is 84.3 Å². The summed E-state index contributed by atoms with van der Waals surface area (Å²) in [5, 5.41) is 4.16. The van der Waals surface area contributed by atoms with Gasteiger partial charge in [-0.05, 0) is 49.8 Å². The molecule has 0 atom stereocenters. The van der Waals surface area contributed by atoms with E-state index < -0.39 is 0 Å². The van der Waals surface area contributed by atoms with Gasteiger partial charge in [-0.3, -0.25) is 19.0 Å². The van der Waals surface area contributed by atoms with E-state index in [1.807, 2.05) is 38.1 Å². The third kappa shape index (κ3) is 4.99. The zero-order valence-corrected chi connectivity index (χ0v) is 20.8. The number of nitrogens with zero attached hydrogens (tertiary/aromatic N) is 3. The first-order chi connectivity index (χ1) is 15.9. The molecule has 0 unspecified atom stereocenters. The molecule has 0 aliphatic heterocycles. The predicted octanol–water partition coefficient (Wildman–Crippen LogP) is 3.76. The van der Waals surface area contributed by atoms with E-state index in [9.17, 15) is 14.4 Å². The third-order valence-corrected chi connectivity index (χ3v) is 8.03. The molecule has 2 aromatic heterocycles. The molecule has 7 nitrogen and oxygen atoms in total. The number of aryl methyl sites for hydroxylation is 3. The van der Waals surface area contributed by atoms with Crippen LogP contribution in [-0.2, 0) is 29.5 Å². The number of carbonyl (C=O) groups is 2. The molecule has 0 saturated carbocycles. The second-order valence-corrected chi connectivity index (χ2v) is 10.3. The van der Waals surface area contributed by atoms with E-state index in [4.69, 9.17) is 4.98 Å². The van der Waals surface area contributed by atoms with Gasteiger partial charge in [0.1, 0.15) is 4.83 Å². The summed E-state index contributed by atoms with van der Waals surface area (Å²) in [5.41, 5.74) is 2.83. The number of para-hydroxylation sites is 1. The van der Waals surface area contributed by atoms with Crippen LogP contribution in [0.2, 0.25) is 0 Å². The van der Waals surface area contributed by atoms with E-state index >= 15 is 0 Å². The van der Waals surface area contributed by atoms with Gasteiger partial charge in [-0.15, -0.1) is 11.3 Å². The van der Waals surface area contributed by atoms with Crippen LogP contribution >= 0.6 is 23.1 Å². The Labute approximate surface area is 201 Å². The Morgan fingerprint density at radius 2 is 2.06 bits per heavy atom. The molecular weight excluding hydrogens is 456 g/mol. The number of hydrogen-bond donors (Lipinski definition) is 1. The van der Waals surface area contributed by atoms with E-state index in [2.05, 4.69) is 5.32 Å². The normalized spacial score (nSPS) is 12.7. The number of anilines is 1. The van der Waals surface area contributed by atoms with Crippen LogP contribution in [0.5, 0.6) is 0 Å². The lowest BCUT2D eigenvalue weighted by atomic mass is 10.2. The fourth-order valence-corrected chi connectivity index (χ4v) is 6.27. The number of fused-ring (bicyclic) bond motifs is 3. The summed E-state index contributed by atoms with van der Waals surface area (Å²) < 4.78 is 1.54. The smallest absolute Gasteiger partial charge is 0.262 e. The number of amides is 2. The minimum atomic E-state index is -0.226. The minimum absolute atomic E-state index is 0.00932. The number of thiophene rings is 1.